The number of rotatable bonds is 8. The van der Waals surface area contributed by atoms with E-state index in [-0.39, 0.29) is 11.8 Å². The Morgan fingerprint density at radius 1 is 1.10 bits per heavy atom. The molecule has 2 N–H and O–H groups in total. The number of nitrogens with zero attached hydrogens (tertiary/aromatic N) is 4. The first-order valence-electron chi connectivity index (χ1n) is 10.1. The van der Waals surface area contributed by atoms with Crippen LogP contribution in [0.4, 0.5) is 5.95 Å². The van der Waals surface area contributed by atoms with E-state index in [1.54, 1.807) is 11.6 Å². The molecule has 0 saturated heterocycles. The number of amides is 1. The van der Waals surface area contributed by atoms with E-state index in [0.717, 1.165) is 16.6 Å². The summed E-state index contributed by atoms with van der Waals surface area (Å²) in [6.45, 7) is 5.15. The molecular weight excluding hydrogens is 384 g/mol. The summed E-state index contributed by atoms with van der Waals surface area (Å²) < 4.78 is 4.23. The summed E-state index contributed by atoms with van der Waals surface area (Å²) >= 11 is 0. The SMILES string of the molecule is CC[C@@H](C)C(=O)NCCNc1nc2c(c(=O)n(C)c(=O)n2C)n1Cc1ccccc1. The number of imidazole rings is 1. The van der Waals surface area contributed by atoms with Crippen molar-refractivity contribution in [3.63, 3.8) is 0 Å². The van der Waals surface area contributed by atoms with E-state index in [9.17, 15) is 14.4 Å². The highest BCUT2D eigenvalue weighted by molar-refractivity contribution is 5.78. The minimum absolute atomic E-state index is 0.00774. The summed E-state index contributed by atoms with van der Waals surface area (Å²) in [5.74, 6) is 0.448. The number of carbonyl (C=O) groups is 1. The predicted molar refractivity (Wildman–Crippen MR) is 117 cm³/mol. The number of fused-ring (bicyclic) bond motifs is 1. The predicted octanol–water partition coefficient (Wildman–Crippen LogP) is 1.06. The molecule has 3 aromatic rings. The Labute approximate surface area is 174 Å². The standard InChI is InChI=1S/C21H28N6O3/c1-5-14(2)18(28)22-11-12-23-20-24-17-16(19(29)26(4)21(30)25(17)3)27(20)13-15-9-7-6-8-10-15/h6-10,14H,5,11-13H2,1-4H3,(H,22,28)(H,23,24)/t14-/m1/s1. The Hall–Kier alpha value is -3.36. The fourth-order valence-electron chi connectivity index (χ4n) is 3.22. The van der Waals surface area contributed by atoms with E-state index in [0.29, 0.717) is 36.7 Å². The summed E-state index contributed by atoms with van der Waals surface area (Å²) in [5, 5.41) is 6.09. The zero-order chi connectivity index (χ0) is 21.8. The third kappa shape index (κ3) is 4.14. The zero-order valence-electron chi connectivity index (χ0n) is 17.8. The maximum atomic E-state index is 12.9. The van der Waals surface area contributed by atoms with E-state index in [1.807, 2.05) is 44.2 Å². The molecule has 160 valence electrons. The Balaban J connectivity index is 1.94. The van der Waals surface area contributed by atoms with Crippen LogP contribution in [0, 0.1) is 5.92 Å². The van der Waals surface area contributed by atoms with Crippen LogP contribution < -0.4 is 21.9 Å². The molecule has 9 nitrogen and oxygen atoms in total. The normalized spacial score (nSPS) is 12.1. The first-order valence-corrected chi connectivity index (χ1v) is 10.1. The summed E-state index contributed by atoms with van der Waals surface area (Å²) in [6, 6.07) is 9.72. The van der Waals surface area contributed by atoms with E-state index in [4.69, 9.17) is 0 Å². The van der Waals surface area contributed by atoms with Gasteiger partial charge in [-0.1, -0.05) is 44.2 Å². The second-order valence-corrected chi connectivity index (χ2v) is 7.41. The quantitative estimate of drug-likeness (QED) is 0.539. The van der Waals surface area contributed by atoms with Gasteiger partial charge in [0.1, 0.15) is 0 Å². The number of anilines is 1. The number of hydrogen-bond acceptors (Lipinski definition) is 5. The Morgan fingerprint density at radius 2 is 1.80 bits per heavy atom. The number of hydrogen-bond donors (Lipinski definition) is 2. The highest BCUT2D eigenvalue weighted by Gasteiger charge is 2.19. The molecule has 2 aromatic heterocycles. The fraction of sp³-hybridized carbons (Fsp3) is 0.429. The lowest BCUT2D eigenvalue weighted by Gasteiger charge is -2.13. The lowest BCUT2D eigenvalue weighted by atomic mass is 10.1. The van der Waals surface area contributed by atoms with Crippen LogP contribution in [-0.4, -0.2) is 37.7 Å². The summed E-state index contributed by atoms with van der Waals surface area (Å²) in [5.41, 5.74) is 0.861. The third-order valence-electron chi connectivity index (χ3n) is 5.30. The van der Waals surface area contributed by atoms with Crippen molar-refractivity contribution in [2.45, 2.75) is 26.8 Å². The van der Waals surface area contributed by atoms with Gasteiger partial charge in [-0.15, -0.1) is 0 Å². The van der Waals surface area contributed by atoms with Crippen molar-refractivity contribution in [2.24, 2.45) is 20.0 Å². The number of benzene rings is 1. The first-order chi connectivity index (χ1) is 14.3. The largest absolute Gasteiger partial charge is 0.354 e. The average molecular weight is 412 g/mol. The number of carbonyl (C=O) groups excluding carboxylic acids is 1. The highest BCUT2D eigenvalue weighted by Crippen LogP contribution is 2.17. The van der Waals surface area contributed by atoms with Crippen molar-refractivity contribution >= 4 is 23.0 Å². The fourth-order valence-corrected chi connectivity index (χ4v) is 3.22. The van der Waals surface area contributed by atoms with Gasteiger partial charge in [-0.05, 0) is 12.0 Å². The molecule has 0 radical (unpaired) electrons. The topological polar surface area (TPSA) is 103 Å². The molecule has 0 unspecified atom stereocenters. The van der Waals surface area contributed by atoms with Gasteiger partial charge in [0.15, 0.2) is 11.2 Å². The van der Waals surface area contributed by atoms with Crippen LogP contribution >= 0.6 is 0 Å². The van der Waals surface area contributed by atoms with Crippen LogP contribution in [0.5, 0.6) is 0 Å². The van der Waals surface area contributed by atoms with Crippen LogP contribution in [-0.2, 0) is 25.4 Å². The average Bonchev–Trinajstić information content (AvgIpc) is 3.11. The maximum absolute atomic E-state index is 12.9. The Morgan fingerprint density at radius 3 is 2.47 bits per heavy atom. The van der Waals surface area contributed by atoms with Crippen molar-refractivity contribution in [1.29, 1.82) is 0 Å². The maximum Gasteiger partial charge on any atom is 0.332 e. The minimum atomic E-state index is -0.427. The summed E-state index contributed by atoms with van der Waals surface area (Å²) in [6.07, 6.45) is 0.781. The number of nitrogens with one attached hydrogen (secondary N) is 2. The molecular formula is C21H28N6O3. The van der Waals surface area contributed by atoms with Crippen LogP contribution in [0.15, 0.2) is 39.9 Å². The number of aryl methyl sites for hydroxylation is 1. The van der Waals surface area contributed by atoms with Crippen molar-refractivity contribution in [3.05, 3.63) is 56.7 Å². The van der Waals surface area contributed by atoms with E-state index in [1.165, 1.54) is 11.6 Å². The summed E-state index contributed by atoms with van der Waals surface area (Å²) in [4.78, 5) is 41.7. The van der Waals surface area contributed by atoms with Crippen LogP contribution in [0.3, 0.4) is 0 Å². The van der Waals surface area contributed by atoms with Crippen molar-refractivity contribution in [2.75, 3.05) is 18.4 Å². The second-order valence-electron chi connectivity index (χ2n) is 7.41. The smallest absolute Gasteiger partial charge is 0.332 e. The van der Waals surface area contributed by atoms with Crippen molar-refractivity contribution in [3.8, 4) is 0 Å². The molecule has 9 heteroatoms. The first kappa shape index (κ1) is 21.4. The molecule has 0 aliphatic carbocycles. The molecule has 30 heavy (non-hydrogen) atoms. The van der Waals surface area contributed by atoms with Gasteiger partial charge in [-0.3, -0.25) is 23.3 Å². The van der Waals surface area contributed by atoms with Gasteiger partial charge in [-0.2, -0.15) is 4.98 Å². The molecule has 0 fully saturated rings. The highest BCUT2D eigenvalue weighted by atomic mass is 16.2. The van der Waals surface area contributed by atoms with Gasteiger partial charge in [-0.25, -0.2) is 4.79 Å². The summed E-state index contributed by atoms with van der Waals surface area (Å²) in [7, 11) is 3.06. The van der Waals surface area contributed by atoms with Gasteiger partial charge in [0, 0.05) is 33.1 Å². The van der Waals surface area contributed by atoms with Crippen LogP contribution in [0.1, 0.15) is 25.8 Å². The molecule has 0 bridgehead atoms. The van der Waals surface area contributed by atoms with Crippen molar-refractivity contribution < 1.29 is 4.79 Å². The lowest BCUT2D eigenvalue weighted by Crippen LogP contribution is -2.37. The molecule has 1 amide bonds. The molecule has 3 rings (SSSR count). The molecule has 0 saturated carbocycles. The lowest BCUT2D eigenvalue weighted by molar-refractivity contribution is -0.124. The second kappa shape index (κ2) is 8.98. The third-order valence-corrected chi connectivity index (χ3v) is 5.30. The Bertz CT molecular complexity index is 1160. The van der Waals surface area contributed by atoms with Gasteiger partial charge < -0.3 is 10.6 Å². The van der Waals surface area contributed by atoms with E-state index in [2.05, 4.69) is 15.6 Å². The van der Waals surface area contributed by atoms with Gasteiger partial charge in [0.25, 0.3) is 5.56 Å². The van der Waals surface area contributed by atoms with E-state index >= 15 is 0 Å². The van der Waals surface area contributed by atoms with Crippen LogP contribution in [0.25, 0.3) is 11.2 Å². The van der Waals surface area contributed by atoms with Gasteiger partial charge in [0.2, 0.25) is 11.9 Å². The monoisotopic (exact) mass is 412 g/mol. The van der Waals surface area contributed by atoms with Crippen molar-refractivity contribution in [1.82, 2.24) is 24.0 Å². The molecule has 1 atom stereocenters. The van der Waals surface area contributed by atoms with Gasteiger partial charge >= 0.3 is 5.69 Å². The zero-order valence-corrected chi connectivity index (χ0v) is 17.8. The minimum Gasteiger partial charge on any atom is -0.354 e. The molecule has 2 heterocycles. The van der Waals surface area contributed by atoms with Crippen LogP contribution in [0.2, 0.25) is 0 Å². The number of aromatic nitrogens is 4. The molecule has 0 aliphatic rings. The molecule has 0 aliphatic heterocycles. The van der Waals surface area contributed by atoms with Gasteiger partial charge in [0.05, 0.1) is 6.54 Å². The molecule has 1 aromatic carbocycles. The Kier molecular flexibility index (Phi) is 6.39. The van der Waals surface area contributed by atoms with E-state index < -0.39 is 11.2 Å². The molecule has 0 spiro atoms.